The summed E-state index contributed by atoms with van der Waals surface area (Å²) in [6.45, 7) is 2.24. The van der Waals surface area contributed by atoms with Gasteiger partial charge in [0.05, 0.1) is 44.1 Å². The molecule has 16 rings (SSSR count). The van der Waals surface area contributed by atoms with Crippen LogP contribution in [0.25, 0.3) is 144 Å². The highest BCUT2D eigenvalue weighted by Gasteiger charge is 2.33. The number of aromatic nitrogens is 8. The smallest absolute Gasteiger partial charge is 0.165 e. The molecule has 0 saturated heterocycles. The van der Waals surface area contributed by atoms with E-state index in [9.17, 15) is 0 Å². The lowest BCUT2D eigenvalue weighted by Crippen LogP contribution is -2.16. The molecule has 8 heterocycles. The Bertz CT molecular complexity index is 4800. The number of aryl methyl sites for hydroxylation is 1. The van der Waals surface area contributed by atoms with Crippen LogP contribution in [0.5, 0.6) is 0 Å². The molecule has 0 aliphatic carbocycles. The second-order valence-electron chi connectivity index (χ2n) is 19.8. The summed E-state index contributed by atoms with van der Waals surface area (Å²) in [5.74, 6) is 1.52. The van der Waals surface area contributed by atoms with Crippen LogP contribution in [0.2, 0.25) is 0 Å². The molecule has 0 N–H and O–H groups in total. The molecule has 0 bridgehead atoms. The van der Waals surface area contributed by atoms with Gasteiger partial charge in [-0.1, -0.05) is 164 Å². The lowest BCUT2D eigenvalue weighted by atomic mass is 9.95. The van der Waals surface area contributed by atoms with Crippen LogP contribution in [-0.4, -0.2) is 38.2 Å². The maximum absolute atomic E-state index is 6.40. The van der Waals surface area contributed by atoms with Gasteiger partial charge in [0.25, 0.3) is 0 Å². The molecule has 77 heavy (non-hydrogen) atoms. The van der Waals surface area contributed by atoms with Crippen LogP contribution in [0.3, 0.4) is 0 Å². The highest BCUT2D eigenvalue weighted by atomic mass is 15.2. The molecule has 360 valence electrons. The van der Waals surface area contributed by atoms with Crippen molar-refractivity contribution in [2.75, 3.05) is 0 Å². The van der Waals surface area contributed by atoms with E-state index in [1.165, 1.54) is 0 Å². The normalized spacial score (nSPS) is 12.0. The molecule has 0 spiro atoms. The summed E-state index contributed by atoms with van der Waals surface area (Å²) in [5.41, 5.74) is 17.8. The van der Waals surface area contributed by atoms with Gasteiger partial charge in [0.2, 0.25) is 0 Å². The van der Waals surface area contributed by atoms with Crippen molar-refractivity contribution in [1.29, 1.82) is 0 Å². The third-order valence-corrected chi connectivity index (χ3v) is 15.8. The Hall–Kier alpha value is -10.4. The van der Waals surface area contributed by atoms with Gasteiger partial charge in [-0.3, -0.25) is 24.1 Å². The maximum Gasteiger partial charge on any atom is 0.165 e. The summed E-state index contributed by atoms with van der Waals surface area (Å²) in [6, 6.07) is 76.6. The van der Waals surface area contributed by atoms with Gasteiger partial charge in [0.15, 0.2) is 11.6 Å². The van der Waals surface area contributed by atoms with Crippen molar-refractivity contribution in [3.05, 3.63) is 255 Å². The van der Waals surface area contributed by atoms with Gasteiger partial charge in [-0.15, -0.1) is 0 Å². The Labute approximate surface area is 441 Å². The topological polar surface area (TPSA) is 71.3 Å². The summed E-state index contributed by atoms with van der Waals surface area (Å²) in [6.07, 6.45) is 11.7. The van der Waals surface area contributed by atoms with E-state index >= 15 is 0 Å². The van der Waals surface area contributed by atoms with Gasteiger partial charge in [-0.05, 0) is 88.8 Å². The minimum absolute atomic E-state index is 0.759. The number of benzene rings is 8. The van der Waals surface area contributed by atoms with E-state index in [2.05, 4.69) is 238 Å². The Balaban J connectivity index is 1.24. The van der Waals surface area contributed by atoms with Gasteiger partial charge in [0.1, 0.15) is 11.4 Å². The number of nitrogens with zero attached hydrogens (tertiary/aromatic N) is 8. The summed E-state index contributed by atoms with van der Waals surface area (Å²) < 4.78 is 9.76. The molecular weight excluding hydrogens is 941 g/mol. The first-order valence-corrected chi connectivity index (χ1v) is 26.0. The Kier molecular flexibility index (Phi) is 9.38. The second-order valence-corrected chi connectivity index (χ2v) is 19.8. The average Bonchev–Trinajstić information content (AvgIpc) is 4.43. The molecule has 8 aromatic carbocycles. The molecule has 0 amide bonds. The summed E-state index contributed by atoms with van der Waals surface area (Å²) in [4.78, 5) is 20.7. The highest BCUT2D eigenvalue weighted by Crippen LogP contribution is 2.51. The molecule has 8 heteroatoms. The number of hydrogen-bond donors (Lipinski definition) is 0. The molecule has 0 aliphatic heterocycles. The van der Waals surface area contributed by atoms with Crippen LogP contribution < -0.4 is 0 Å². The standard InChI is InChI=1S/C69H44N8/c1-43-18-8-9-23-46(43)65-66(74-55-29-13-10-24-49(55)52-40-70-37-34-58(52)74)68(76-56-30-14-11-25-50(56)53-41-71-38-35-59(53)76)73-69(77-57-31-15-12-26-51(57)54-42-72-39-36-60(54)77)67(65)75-61-32-16-27-47(44-19-4-2-5-20-44)63(61)64-48(28-17-33-62(64)75)45-21-6-3-7-22-45/h2-42H,1H3. The zero-order valence-electron chi connectivity index (χ0n) is 41.7. The maximum atomic E-state index is 6.40. The van der Waals surface area contributed by atoms with Crippen LogP contribution in [0.4, 0.5) is 0 Å². The largest absolute Gasteiger partial charge is 0.305 e. The molecule has 0 unspecified atom stereocenters. The highest BCUT2D eigenvalue weighted by molar-refractivity contribution is 6.22. The van der Waals surface area contributed by atoms with Crippen molar-refractivity contribution in [2.45, 2.75) is 6.92 Å². The average molecular weight is 985 g/mol. The van der Waals surface area contributed by atoms with Crippen LogP contribution in [0, 0.1) is 6.92 Å². The number of pyridine rings is 4. The van der Waals surface area contributed by atoms with Crippen LogP contribution in [-0.2, 0) is 0 Å². The summed E-state index contributed by atoms with van der Waals surface area (Å²) in [7, 11) is 0. The zero-order chi connectivity index (χ0) is 50.7. The minimum Gasteiger partial charge on any atom is -0.305 e. The van der Waals surface area contributed by atoms with Gasteiger partial charge >= 0.3 is 0 Å². The fraction of sp³-hybridized carbons (Fsp3) is 0.0145. The summed E-state index contributed by atoms with van der Waals surface area (Å²) in [5, 5.41) is 8.72. The Morgan fingerprint density at radius 1 is 0.286 bits per heavy atom. The molecular formula is C69H44N8. The summed E-state index contributed by atoms with van der Waals surface area (Å²) >= 11 is 0. The predicted molar refractivity (Wildman–Crippen MR) is 316 cm³/mol. The molecule has 0 radical (unpaired) electrons. The number of hydrogen-bond acceptors (Lipinski definition) is 4. The third kappa shape index (κ3) is 6.21. The van der Waals surface area contributed by atoms with Crippen molar-refractivity contribution in [3.63, 3.8) is 0 Å². The van der Waals surface area contributed by atoms with Crippen molar-refractivity contribution in [2.24, 2.45) is 0 Å². The predicted octanol–water partition coefficient (Wildman–Crippen LogP) is 17.0. The Morgan fingerprint density at radius 3 is 1.10 bits per heavy atom. The molecule has 16 aromatic rings. The molecule has 8 nitrogen and oxygen atoms in total. The van der Waals surface area contributed by atoms with E-state index in [0.29, 0.717) is 0 Å². The molecule has 0 fully saturated rings. The van der Waals surface area contributed by atoms with Crippen LogP contribution in [0.1, 0.15) is 5.56 Å². The van der Waals surface area contributed by atoms with E-state index in [1.54, 1.807) is 0 Å². The van der Waals surface area contributed by atoms with Gasteiger partial charge in [-0.2, -0.15) is 0 Å². The van der Waals surface area contributed by atoms with Crippen molar-refractivity contribution < 1.29 is 0 Å². The lowest BCUT2D eigenvalue weighted by Gasteiger charge is -2.27. The van der Waals surface area contributed by atoms with Gasteiger partial charge in [-0.25, -0.2) is 4.98 Å². The quantitative estimate of drug-likeness (QED) is 0.159. The number of rotatable bonds is 7. The van der Waals surface area contributed by atoms with Crippen LogP contribution in [0.15, 0.2) is 250 Å². The molecule has 0 atom stereocenters. The lowest BCUT2D eigenvalue weighted by molar-refractivity contribution is 0.960. The van der Waals surface area contributed by atoms with Crippen molar-refractivity contribution in [1.82, 2.24) is 38.2 Å². The molecule has 8 aromatic heterocycles. The SMILES string of the molecule is Cc1ccccc1-c1c(-n2c3ccccc3c3cnccc32)c(-n2c3ccccc3c3cnccc32)nc(-n2c3ccccc3c3cnccc32)c1-n1c2cccc(-c3ccccc3)c2c2c(-c3ccccc3)cccc21. The van der Waals surface area contributed by atoms with E-state index in [4.69, 9.17) is 19.9 Å². The van der Waals surface area contributed by atoms with E-state index in [1.807, 2.05) is 37.2 Å². The first kappa shape index (κ1) is 43.0. The first-order valence-electron chi connectivity index (χ1n) is 26.0. The zero-order valence-corrected chi connectivity index (χ0v) is 41.7. The van der Waals surface area contributed by atoms with E-state index < -0.39 is 0 Å². The van der Waals surface area contributed by atoms with Gasteiger partial charge < -0.3 is 9.13 Å². The monoisotopic (exact) mass is 984 g/mol. The molecule has 0 saturated carbocycles. The number of para-hydroxylation sites is 3. The van der Waals surface area contributed by atoms with Crippen molar-refractivity contribution >= 4 is 87.2 Å². The fourth-order valence-electron chi connectivity index (χ4n) is 12.6. The number of fused-ring (bicyclic) bond motifs is 12. The second kappa shape index (κ2) is 16.8. The Morgan fingerprint density at radius 2 is 0.636 bits per heavy atom. The van der Waals surface area contributed by atoms with Gasteiger partial charge in [0, 0.05) is 85.8 Å². The van der Waals surface area contributed by atoms with E-state index in [0.717, 1.165) is 149 Å². The fourth-order valence-corrected chi connectivity index (χ4v) is 12.6. The third-order valence-electron chi connectivity index (χ3n) is 15.8. The van der Waals surface area contributed by atoms with Crippen LogP contribution >= 0.6 is 0 Å². The first-order chi connectivity index (χ1) is 38.2. The minimum atomic E-state index is 0.759. The van der Waals surface area contributed by atoms with E-state index in [-0.39, 0.29) is 0 Å². The van der Waals surface area contributed by atoms with Crippen molar-refractivity contribution in [3.8, 4) is 56.4 Å². The molecule has 0 aliphatic rings.